The fourth-order valence-corrected chi connectivity index (χ4v) is 11.8. The molecule has 0 fully saturated rings. The van der Waals surface area contributed by atoms with E-state index in [1.165, 1.54) is 128 Å². The molecule has 3 N–H and O–H groups in total. The van der Waals surface area contributed by atoms with Gasteiger partial charge in [0, 0.05) is 25.7 Å². The number of hydrogen-bond acceptors (Lipinski definition) is 15. The molecule has 0 aromatic carbocycles. The summed E-state index contributed by atoms with van der Waals surface area (Å²) in [5, 5.41) is 10.6. The van der Waals surface area contributed by atoms with Crippen LogP contribution < -0.4 is 0 Å². The third kappa shape index (κ3) is 60.3. The minimum Gasteiger partial charge on any atom is -0.462 e. The Bertz CT molecular complexity index is 1750. The highest BCUT2D eigenvalue weighted by Crippen LogP contribution is 2.45. The van der Waals surface area contributed by atoms with E-state index in [9.17, 15) is 43.2 Å². The molecule has 522 valence electrons. The Morgan fingerprint density at radius 1 is 0.318 bits per heavy atom. The van der Waals surface area contributed by atoms with Crippen molar-refractivity contribution in [1.29, 1.82) is 0 Å². The van der Waals surface area contributed by atoms with Gasteiger partial charge in [0.25, 0.3) is 0 Å². The smallest absolute Gasteiger partial charge is 0.462 e. The molecule has 4 unspecified atom stereocenters. The minimum absolute atomic E-state index is 0.101. The number of aliphatic hydroxyl groups excluding tert-OH is 1. The van der Waals surface area contributed by atoms with E-state index in [0.29, 0.717) is 31.6 Å². The van der Waals surface area contributed by atoms with Crippen molar-refractivity contribution in [3.8, 4) is 0 Å². The Morgan fingerprint density at radius 2 is 0.545 bits per heavy atom. The predicted molar refractivity (Wildman–Crippen MR) is 354 cm³/mol. The van der Waals surface area contributed by atoms with E-state index >= 15 is 0 Å². The molecule has 0 aliphatic rings. The molecule has 19 heteroatoms. The molecule has 0 radical (unpaired) electrons. The summed E-state index contributed by atoms with van der Waals surface area (Å²) in [6.07, 6.45) is 40.6. The molecule has 0 spiro atoms. The largest absolute Gasteiger partial charge is 0.472 e. The van der Waals surface area contributed by atoms with Gasteiger partial charge in [-0.2, -0.15) is 0 Å². The van der Waals surface area contributed by atoms with Crippen molar-refractivity contribution in [2.45, 2.75) is 356 Å². The van der Waals surface area contributed by atoms with Gasteiger partial charge in [-0.25, -0.2) is 9.13 Å². The van der Waals surface area contributed by atoms with Crippen molar-refractivity contribution in [2.75, 3.05) is 39.6 Å². The van der Waals surface area contributed by atoms with Crippen LogP contribution in [0.2, 0.25) is 0 Å². The standard InChI is InChI=1S/C69H134O17P2/c1-9-61(7)47-39-31-24-27-34-42-50-67(72)80-55-64(85-68(73)51-43-35-22-20-18-16-14-12-11-13-15-17-19-21-29-37-45-59(3)4)57-83-87(75,76)81-53-63(70)54-82-88(77,78)84-58-65(56-79-66(71)49-41-33-26-23-30-38-46-60(5)6)86-69(74)52-44-36-28-25-32-40-48-62(8)10-2/h59-65,70H,9-58H2,1-8H3,(H,75,76)(H,77,78)/t61?,62?,63-,64+,65+/m0/s1. The average molecular weight is 1300 g/mol. The van der Waals surface area contributed by atoms with E-state index < -0.39 is 97.5 Å². The highest BCUT2D eigenvalue weighted by atomic mass is 31.2. The lowest BCUT2D eigenvalue weighted by molar-refractivity contribution is -0.161. The lowest BCUT2D eigenvalue weighted by Gasteiger charge is -2.21. The van der Waals surface area contributed by atoms with E-state index in [2.05, 4.69) is 55.4 Å². The first-order valence-corrected chi connectivity index (χ1v) is 38.8. The summed E-state index contributed by atoms with van der Waals surface area (Å²) in [6, 6.07) is 0. The second kappa shape index (κ2) is 58.8. The fourth-order valence-electron chi connectivity index (χ4n) is 10.2. The molecule has 0 heterocycles. The molecule has 0 aromatic heterocycles. The molecular formula is C69H134O17P2. The maximum atomic E-state index is 13.0. The second-order valence-electron chi connectivity index (χ2n) is 26.4. The number of aliphatic hydroxyl groups is 1. The molecular weight excluding hydrogens is 1160 g/mol. The van der Waals surface area contributed by atoms with Gasteiger partial charge in [-0.3, -0.25) is 37.3 Å². The Hall–Kier alpha value is -1.94. The Morgan fingerprint density at radius 3 is 0.807 bits per heavy atom. The summed E-state index contributed by atoms with van der Waals surface area (Å²) < 4.78 is 68.1. The summed E-state index contributed by atoms with van der Waals surface area (Å²) in [6.45, 7) is 14.0. The summed E-state index contributed by atoms with van der Waals surface area (Å²) in [5.41, 5.74) is 0. The average Bonchev–Trinajstić information content (AvgIpc) is 3.59. The summed E-state index contributed by atoms with van der Waals surface area (Å²) in [7, 11) is -9.90. The maximum Gasteiger partial charge on any atom is 0.472 e. The van der Waals surface area contributed by atoms with E-state index in [1.54, 1.807) is 0 Å². The van der Waals surface area contributed by atoms with Gasteiger partial charge in [-0.1, -0.05) is 287 Å². The number of hydrogen-bond donors (Lipinski definition) is 3. The molecule has 7 atom stereocenters. The third-order valence-electron chi connectivity index (χ3n) is 16.5. The monoisotopic (exact) mass is 1300 g/mol. The van der Waals surface area contributed by atoms with Crippen LogP contribution in [0.5, 0.6) is 0 Å². The number of ether oxygens (including phenoxy) is 4. The SMILES string of the molecule is CCC(C)CCCCCCCCC(=O)OC[C@H](COP(=O)(O)OC[C@H](O)COP(=O)(O)OC[C@@H](COC(=O)CCCCCCCCC(C)C)OC(=O)CCCCCCCCC(C)CC)OC(=O)CCCCCCCCCCCCCCCCCCC(C)C. The van der Waals surface area contributed by atoms with Gasteiger partial charge in [-0.05, 0) is 49.4 Å². The van der Waals surface area contributed by atoms with Gasteiger partial charge in [0.2, 0.25) is 0 Å². The summed E-state index contributed by atoms with van der Waals surface area (Å²) in [4.78, 5) is 72.4. The summed E-state index contributed by atoms with van der Waals surface area (Å²) >= 11 is 0. The molecule has 0 aromatic rings. The van der Waals surface area contributed by atoms with Crippen molar-refractivity contribution < 1.29 is 80.2 Å². The van der Waals surface area contributed by atoms with Crippen LogP contribution in [0.3, 0.4) is 0 Å². The Balaban J connectivity index is 5.19. The molecule has 0 aliphatic carbocycles. The highest BCUT2D eigenvalue weighted by Gasteiger charge is 2.30. The van der Waals surface area contributed by atoms with Crippen LogP contribution in [-0.4, -0.2) is 96.7 Å². The molecule has 88 heavy (non-hydrogen) atoms. The van der Waals surface area contributed by atoms with Gasteiger partial charge in [-0.15, -0.1) is 0 Å². The summed E-state index contributed by atoms with van der Waals surface area (Å²) in [5.74, 6) is 0.803. The zero-order chi connectivity index (χ0) is 65.4. The minimum atomic E-state index is -4.95. The van der Waals surface area contributed by atoms with E-state index in [1.807, 2.05) is 0 Å². The van der Waals surface area contributed by atoms with Crippen LogP contribution in [0.4, 0.5) is 0 Å². The number of carbonyl (C=O) groups excluding carboxylic acids is 4. The zero-order valence-corrected chi connectivity index (χ0v) is 59.1. The van der Waals surface area contributed by atoms with Crippen molar-refractivity contribution in [2.24, 2.45) is 23.7 Å². The zero-order valence-electron chi connectivity index (χ0n) is 57.3. The number of phosphoric ester groups is 2. The van der Waals surface area contributed by atoms with Crippen LogP contribution >= 0.6 is 15.6 Å². The predicted octanol–water partition coefficient (Wildman–Crippen LogP) is 19.3. The number of rotatable bonds is 66. The van der Waals surface area contributed by atoms with Gasteiger partial charge >= 0.3 is 39.5 Å². The van der Waals surface area contributed by atoms with Crippen molar-refractivity contribution in [1.82, 2.24) is 0 Å². The van der Waals surface area contributed by atoms with Crippen molar-refractivity contribution in [3.63, 3.8) is 0 Å². The van der Waals surface area contributed by atoms with Gasteiger partial charge < -0.3 is 33.8 Å². The van der Waals surface area contributed by atoms with Gasteiger partial charge in [0.1, 0.15) is 19.3 Å². The number of phosphoric acid groups is 2. The first-order valence-electron chi connectivity index (χ1n) is 35.8. The second-order valence-corrected chi connectivity index (χ2v) is 29.3. The maximum absolute atomic E-state index is 13.0. The molecule has 0 bridgehead atoms. The van der Waals surface area contributed by atoms with E-state index in [0.717, 1.165) is 120 Å². The molecule has 0 saturated carbocycles. The molecule has 0 rings (SSSR count). The van der Waals surface area contributed by atoms with Crippen LogP contribution in [0.25, 0.3) is 0 Å². The van der Waals surface area contributed by atoms with Gasteiger partial charge in [0.15, 0.2) is 12.2 Å². The fraction of sp³-hybridized carbons (Fsp3) is 0.942. The lowest BCUT2D eigenvalue weighted by Crippen LogP contribution is -2.30. The quantitative estimate of drug-likeness (QED) is 0.0222. The Labute approximate surface area is 537 Å². The third-order valence-corrected chi connectivity index (χ3v) is 18.4. The normalized spacial score (nSPS) is 14.9. The topological polar surface area (TPSA) is 237 Å². The number of unbranched alkanes of at least 4 members (excludes halogenated alkanes) is 30. The molecule has 0 amide bonds. The highest BCUT2D eigenvalue weighted by molar-refractivity contribution is 7.47. The molecule has 17 nitrogen and oxygen atoms in total. The van der Waals surface area contributed by atoms with Crippen molar-refractivity contribution in [3.05, 3.63) is 0 Å². The van der Waals surface area contributed by atoms with Crippen LogP contribution in [-0.2, 0) is 65.4 Å². The van der Waals surface area contributed by atoms with Crippen LogP contribution in [0.15, 0.2) is 0 Å². The lowest BCUT2D eigenvalue weighted by atomic mass is 10.00. The number of esters is 4. The Kier molecular flexibility index (Phi) is 57.6. The molecule has 0 saturated heterocycles. The van der Waals surface area contributed by atoms with Crippen LogP contribution in [0, 0.1) is 23.7 Å². The van der Waals surface area contributed by atoms with Gasteiger partial charge in [0.05, 0.1) is 26.4 Å². The van der Waals surface area contributed by atoms with E-state index in [-0.39, 0.29) is 25.7 Å². The van der Waals surface area contributed by atoms with E-state index in [4.69, 9.17) is 37.0 Å². The first kappa shape index (κ1) is 86.1. The van der Waals surface area contributed by atoms with Crippen molar-refractivity contribution >= 4 is 39.5 Å². The first-order chi connectivity index (χ1) is 42.2. The number of carbonyl (C=O) groups is 4. The molecule has 0 aliphatic heterocycles. The van der Waals surface area contributed by atoms with Crippen LogP contribution in [0.1, 0.15) is 338 Å².